The number of hydrogen-bond donors (Lipinski definition) is 1. The van der Waals surface area contributed by atoms with Crippen LogP contribution < -0.4 is 5.32 Å². The molecule has 2 rings (SSSR count). The van der Waals surface area contributed by atoms with Crippen molar-refractivity contribution < 1.29 is 27.5 Å². The highest BCUT2D eigenvalue weighted by Gasteiger charge is 2.33. The number of nitrogens with zero attached hydrogens (tertiary/aromatic N) is 1. The third kappa shape index (κ3) is 6.45. The molecule has 0 spiro atoms. The highest BCUT2D eigenvalue weighted by atomic mass is 19.4. The molecule has 1 aliphatic heterocycles. The van der Waals surface area contributed by atoms with Crippen LogP contribution in [0, 0.1) is 12.8 Å². The minimum Gasteiger partial charge on any atom is -0.440 e. The van der Waals surface area contributed by atoms with Gasteiger partial charge in [-0.15, -0.1) is 0 Å². The van der Waals surface area contributed by atoms with Crippen LogP contribution in [-0.2, 0) is 9.53 Å². The van der Waals surface area contributed by atoms with Gasteiger partial charge in [-0.3, -0.25) is 4.79 Å². The molecule has 1 N–H and O–H groups in total. The van der Waals surface area contributed by atoms with E-state index < -0.39 is 18.9 Å². The Kier molecular flexibility index (Phi) is 7.10. The number of carbonyl (C=O) groups is 2. The Morgan fingerprint density at radius 3 is 2.33 bits per heavy atom. The molecule has 27 heavy (non-hydrogen) atoms. The number of piperidine rings is 1. The maximum absolute atomic E-state index is 12.5. The van der Waals surface area contributed by atoms with E-state index in [2.05, 4.69) is 10.1 Å². The Hall–Kier alpha value is -2.25. The fourth-order valence-electron chi connectivity index (χ4n) is 3.07. The van der Waals surface area contributed by atoms with Crippen molar-refractivity contribution in [3.05, 3.63) is 35.4 Å². The molecule has 1 aromatic carbocycles. The van der Waals surface area contributed by atoms with Crippen LogP contribution in [0.5, 0.6) is 0 Å². The molecule has 1 saturated heterocycles. The van der Waals surface area contributed by atoms with E-state index in [1.54, 1.807) is 0 Å². The van der Waals surface area contributed by atoms with Crippen molar-refractivity contribution in [3.8, 4) is 0 Å². The van der Waals surface area contributed by atoms with Crippen molar-refractivity contribution in [2.45, 2.75) is 45.3 Å². The van der Waals surface area contributed by atoms with Gasteiger partial charge in [0.1, 0.15) is 0 Å². The maximum atomic E-state index is 12.5. The third-order valence-electron chi connectivity index (χ3n) is 4.69. The van der Waals surface area contributed by atoms with Gasteiger partial charge >= 0.3 is 12.3 Å². The second-order valence-corrected chi connectivity index (χ2v) is 6.81. The van der Waals surface area contributed by atoms with Gasteiger partial charge in [0.25, 0.3) is 0 Å². The van der Waals surface area contributed by atoms with Crippen LogP contribution >= 0.6 is 0 Å². The number of rotatable bonds is 5. The molecule has 0 saturated carbocycles. The minimum atomic E-state index is -4.54. The van der Waals surface area contributed by atoms with Gasteiger partial charge in [-0.05, 0) is 31.7 Å². The van der Waals surface area contributed by atoms with E-state index in [1.807, 2.05) is 38.1 Å². The Balaban J connectivity index is 1.83. The fraction of sp³-hybridized carbons (Fsp3) is 0.579. The molecule has 0 aromatic heterocycles. The van der Waals surface area contributed by atoms with Gasteiger partial charge in [0.05, 0.1) is 6.04 Å². The summed E-state index contributed by atoms with van der Waals surface area (Å²) in [6.07, 6.45) is -3.98. The van der Waals surface area contributed by atoms with Gasteiger partial charge in [0, 0.05) is 19.0 Å². The molecule has 2 amide bonds. The topological polar surface area (TPSA) is 58.6 Å². The number of aryl methyl sites for hydroxylation is 1. The monoisotopic (exact) mass is 386 g/mol. The molecule has 1 atom stereocenters. The summed E-state index contributed by atoms with van der Waals surface area (Å²) in [6, 6.07) is 7.88. The zero-order valence-electron chi connectivity index (χ0n) is 15.5. The summed E-state index contributed by atoms with van der Waals surface area (Å²) in [4.78, 5) is 25.4. The van der Waals surface area contributed by atoms with E-state index in [4.69, 9.17) is 0 Å². The molecule has 150 valence electrons. The standard InChI is InChI=1S/C19H25F3N2O3/c1-3-16(14-6-4-13(2)5-7-14)23-17(25)15-8-10-24(11-9-15)18(26)27-12-19(20,21)22/h4-7,15-16H,3,8-12H2,1-2H3,(H,23,25)/t16-/m0/s1. The van der Waals surface area contributed by atoms with Crippen LogP contribution in [0.1, 0.15) is 43.4 Å². The van der Waals surface area contributed by atoms with E-state index in [9.17, 15) is 22.8 Å². The quantitative estimate of drug-likeness (QED) is 0.833. The summed E-state index contributed by atoms with van der Waals surface area (Å²) < 4.78 is 40.6. The second-order valence-electron chi connectivity index (χ2n) is 6.81. The van der Waals surface area contributed by atoms with Crippen LogP contribution in [0.25, 0.3) is 0 Å². The van der Waals surface area contributed by atoms with Gasteiger partial charge in [-0.2, -0.15) is 13.2 Å². The molecule has 8 heteroatoms. The molecular weight excluding hydrogens is 361 g/mol. The first-order chi connectivity index (χ1) is 12.7. The van der Waals surface area contributed by atoms with Crippen molar-refractivity contribution in [2.75, 3.05) is 19.7 Å². The van der Waals surface area contributed by atoms with E-state index in [1.165, 1.54) is 4.90 Å². The first kappa shape index (κ1) is 21.1. The summed E-state index contributed by atoms with van der Waals surface area (Å²) in [5.41, 5.74) is 2.18. The van der Waals surface area contributed by atoms with Crippen LogP contribution in [0.3, 0.4) is 0 Å². The Labute approximate surface area is 156 Å². The molecule has 5 nitrogen and oxygen atoms in total. The van der Waals surface area contributed by atoms with E-state index in [-0.39, 0.29) is 31.0 Å². The molecule has 0 bridgehead atoms. The highest BCUT2D eigenvalue weighted by Crippen LogP contribution is 2.23. The number of nitrogens with one attached hydrogen (secondary N) is 1. The van der Waals surface area contributed by atoms with Gasteiger partial charge < -0.3 is 15.0 Å². The molecule has 0 radical (unpaired) electrons. The lowest BCUT2D eigenvalue weighted by atomic mass is 9.94. The Morgan fingerprint density at radius 1 is 1.22 bits per heavy atom. The highest BCUT2D eigenvalue weighted by molar-refractivity contribution is 5.79. The zero-order chi connectivity index (χ0) is 20.0. The number of alkyl halides is 3. The van der Waals surface area contributed by atoms with E-state index >= 15 is 0 Å². The van der Waals surface area contributed by atoms with Gasteiger partial charge in [0.2, 0.25) is 5.91 Å². The third-order valence-corrected chi connectivity index (χ3v) is 4.69. The van der Waals surface area contributed by atoms with Crippen molar-refractivity contribution in [1.82, 2.24) is 10.2 Å². The molecule has 1 aromatic rings. The summed E-state index contributed by atoms with van der Waals surface area (Å²) in [7, 11) is 0. The zero-order valence-corrected chi connectivity index (χ0v) is 15.5. The first-order valence-corrected chi connectivity index (χ1v) is 9.05. The van der Waals surface area contributed by atoms with Crippen molar-refractivity contribution >= 4 is 12.0 Å². The van der Waals surface area contributed by atoms with Gasteiger partial charge in [-0.25, -0.2) is 4.79 Å². The number of hydrogen-bond acceptors (Lipinski definition) is 3. The normalized spacial score (nSPS) is 16.7. The number of halogens is 3. The predicted octanol–water partition coefficient (Wildman–Crippen LogP) is 3.97. The molecule has 1 aliphatic rings. The lowest BCUT2D eigenvalue weighted by molar-refractivity contribution is -0.162. The van der Waals surface area contributed by atoms with Crippen molar-refractivity contribution in [3.63, 3.8) is 0 Å². The molecule has 0 unspecified atom stereocenters. The van der Waals surface area contributed by atoms with E-state index in [0.717, 1.165) is 17.5 Å². The predicted molar refractivity (Wildman–Crippen MR) is 94.1 cm³/mol. The van der Waals surface area contributed by atoms with Gasteiger partial charge in [0.15, 0.2) is 6.61 Å². The number of amides is 2. The van der Waals surface area contributed by atoms with E-state index in [0.29, 0.717) is 12.8 Å². The summed E-state index contributed by atoms with van der Waals surface area (Å²) in [5.74, 6) is -0.359. The lowest BCUT2D eigenvalue weighted by Crippen LogP contribution is -2.44. The SMILES string of the molecule is CC[C@H](NC(=O)C1CCN(C(=O)OCC(F)(F)F)CC1)c1ccc(C)cc1. The largest absolute Gasteiger partial charge is 0.440 e. The average Bonchev–Trinajstić information content (AvgIpc) is 2.64. The fourth-order valence-corrected chi connectivity index (χ4v) is 3.07. The Bertz CT molecular complexity index is 639. The smallest absolute Gasteiger partial charge is 0.422 e. The summed E-state index contributed by atoms with van der Waals surface area (Å²) in [6.45, 7) is 2.80. The van der Waals surface area contributed by atoms with Gasteiger partial charge in [-0.1, -0.05) is 36.8 Å². The number of carbonyl (C=O) groups excluding carboxylic acids is 2. The van der Waals surface area contributed by atoms with Crippen LogP contribution in [0.15, 0.2) is 24.3 Å². The van der Waals surface area contributed by atoms with Crippen LogP contribution in [0.2, 0.25) is 0 Å². The first-order valence-electron chi connectivity index (χ1n) is 9.05. The summed E-state index contributed by atoms with van der Waals surface area (Å²) in [5, 5.41) is 3.04. The molecule has 1 fully saturated rings. The minimum absolute atomic E-state index is 0.0899. The molecular formula is C19H25F3N2O3. The number of likely N-dealkylation sites (tertiary alicyclic amines) is 1. The van der Waals surface area contributed by atoms with Crippen LogP contribution in [0.4, 0.5) is 18.0 Å². The molecule has 0 aliphatic carbocycles. The van der Waals surface area contributed by atoms with Crippen molar-refractivity contribution in [2.24, 2.45) is 5.92 Å². The molecule has 1 heterocycles. The summed E-state index contributed by atoms with van der Waals surface area (Å²) >= 11 is 0. The maximum Gasteiger partial charge on any atom is 0.422 e. The average molecular weight is 386 g/mol. The lowest BCUT2D eigenvalue weighted by Gasteiger charge is -2.31. The Morgan fingerprint density at radius 2 is 1.81 bits per heavy atom. The number of ether oxygens (including phenoxy) is 1. The number of benzene rings is 1. The van der Waals surface area contributed by atoms with Crippen molar-refractivity contribution in [1.29, 1.82) is 0 Å². The second kappa shape index (κ2) is 9.10. The van der Waals surface area contributed by atoms with Crippen LogP contribution in [-0.4, -0.2) is 42.8 Å².